The van der Waals surface area contributed by atoms with Crippen molar-refractivity contribution in [1.29, 1.82) is 0 Å². The predicted molar refractivity (Wildman–Crippen MR) is 95.0 cm³/mol. The minimum atomic E-state index is -4.70. The largest absolute Gasteiger partial charge is 0.416 e. The lowest BCUT2D eigenvalue weighted by Crippen LogP contribution is -2.47. The number of benzene rings is 1. The summed E-state index contributed by atoms with van der Waals surface area (Å²) >= 11 is 0. The van der Waals surface area contributed by atoms with E-state index in [9.17, 15) is 27.1 Å². The molecule has 2 aromatic rings. The van der Waals surface area contributed by atoms with Crippen LogP contribution in [0.25, 0.3) is 0 Å². The number of hydrogen-bond acceptors (Lipinski definition) is 5. The third-order valence-corrected chi connectivity index (χ3v) is 5.57. The minimum Gasteiger partial charge on any atom is -0.382 e. The number of halogens is 5. The van der Waals surface area contributed by atoms with Gasteiger partial charge >= 0.3 is 6.18 Å². The van der Waals surface area contributed by atoms with Crippen LogP contribution in [0, 0.1) is 11.6 Å². The van der Waals surface area contributed by atoms with Crippen LogP contribution in [0.15, 0.2) is 24.4 Å². The molecule has 2 aliphatic heterocycles. The second-order valence-corrected chi connectivity index (χ2v) is 7.76. The first-order chi connectivity index (χ1) is 14.1. The summed E-state index contributed by atoms with van der Waals surface area (Å²) in [5, 5.41) is 13.3. The van der Waals surface area contributed by atoms with Gasteiger partial charge in [-0.05, 0) is 24.6 Å². The Morgan fingerprint density at radius 2 is 2.03 bits per heavy atom. The number of nitrogens with two attached hydrogens (primary N) is 1. The molecule has 2 aliphatic rings. The fraction of sp³-hybridized carbons (Fsp3) is 0.526. The van der Waals surface area contributed by atoms with E-state index in [1.807, 2.05) is 4.90 Å². The summed E-state index contributed by atoms with van der Waals surface area (Å²) in [5.74, 6) is -1.14. The molecular formula is C19H21F5N4O2. The second-order valence-electron chi connectivity index (χ2n) is 7.76. The molecule has 4 atom stereocenters. The number of fused-ring (bicyclic) bond motifs is 1. The van der Waals surface area contributed by atoms with E-state index >= 15 is 0 Å². The predicted octanol–water partition coefficient (Wildman–Crippen LogP) is 2.26. The molecule has 11 heteroatoms. The van der Waals surface area contributed by atoms with E-state index in [4.69, 9.17) is 10.5 Å². The van der Waals surface area contributed by atoms with Crippen molar-refractivity contribution in [2.45, 2.75) is 56.5 Å². The SMILES string of the molecule is N[C@H]1C[C@@H](N2Cc3cn(C[C@H](O)C(F)(F)F)nc3C2)CO[C@@H]1c1cc(F)ccc1F. The quantitative estimate of drug-likeness (QED) is 0.725. The summed E-state index contributed by atoms with van der Waals surface area (Å²) in [6.07, 6.45) is -5.94. The van der Waals surface area contributed by atoms with Crippen LogP contribution >= 0.6 is 0 Å². The van der Waals surface area contributed by atoms with Crippen LogP contribution in [0.5, 0.6) is 0 Å². The van der Waals surface area contributed by atoms with Crippen molar-refractivity contribution in [2.75, 3.05) is 6.61 Å². The second kappa shape index (κ2) is 7.88. The third-order valence-electron chi connectivity index (χ3n) is 5.57. The van der Waals surface area contributed by atoms with Crippen molar-refractivity contribution >= 4 is 0 Å². The molecule has 0 spiro atoms. The lowest BCUT2D eigenvalue weighted by molar-refractivity contribution is -0.208. The molecule has 164 valence electrons. The Morgan fingerprint density at radius 3 is 2.70 bits per heavy atom. The van der Waals surface area contributed by atoms with Crippen LogP contribution in [-0.2, 0) is 24.4 Å². The van der Waals surface area contributed by atoms with E-state index in [-0.39, 0.29) is 18.2 Å². The first-order valence-corrected chi connectivity index (χ1v) is 9.48. The van der Waals surface area contributed by atoms with Gasteiger partial charge in [-0.1, -0.05) is 0 Å². The van der Waals surface area contributed by atoms with Gasteiger partial charge in [-0.25, -0.2) is 8.78 Å². The molecule has 6 nitrogen and oxygen atoms in total. The zero-order valence-corrected chi connectivity index (χ0v) is 15.8. The van der Waals surface area contributed by atoms with Crippen molar-refractivity contribution in [2.24, 2.45) is 5.73 Å². The highest BCUT2D eigenvalue weighted by molar-refractivity contribution is 5.24. The van der Waals surface area contributed by atoms with Gasteiger partial charge in [-0.15, -0.1) is 0 Å². The minimum absolute atomic E-state index is 0.0868. The first-order valence-electron chi connectivity index (χ1n) is 9.48. The van der Waals surface area contributed by atoms with Gasteiger partial charge in [-0.2, -0.15) is 18.3 Å². The summed E-state index contributed by atoms with van der Waals surface area (Å²) in [5.41, 5.74) is 7.69. The summed E-state index contributed by atoms with van der Waals surface area (Å²) in [6, 6.07) is 2.53. The van der Waals surface area contributed by atoms with Crippen LogP contribution in [0.2, 0.25) is 0 Å². The van der Waals surface area contributed by atoms with Crippen molar-refractivity contribution < 1.29 is 31.8 Å². The molecule has 3 heterocycles. The molecule has 3 N–H and O–H groups in total. The average Bonchev–Trinajstić information content (AvgIpc) is 3.21. The molecule has 1 aromatic heterocycles. The summed E-state index contributed by atoms with van der Waals surface area (Å²) in [7, 11) is 0. The van der Waals surface area contributed by atoms with Gasteiger partial charge < -0.3 is 15.6 Å². The van der Waals surface area contributed by atoms with Crippen molar-refractivity contribution in [3.8, 4) is 0 Å². The van der Waals surface area contributed by atoms with Crippen LogP contribution < -0.4 is 5.73 Å². The Bertz CT molecular complexity index is 895. The molecule has 0 radical (unpaired) electrons. The topological polar surface area (TPSA) is 76.5 Å². The van der Waals surface area contributed by atoms with E-state index in [1.54, 1.807) is 0 Å². The van der Waals surface area contributed by atoms with Crippen molar-refractivity contribution in [1.82, 2.24) is 14.7 Å². The molecule has 1 fully saturated rings. The van der Waals surface area contributed by atoms with Gasteiger partial charge in [-0.3, -0.25) is 9.58 Å². The molecule has 0 bridgehead atoms. The van der Waals surface area contributed by atoms with Crippen LogP contribution in [-0.4, -0.2) is 50.8 Å². The Morgan fingerprint density at radius 1 is 1.27 bits per heavy atom. The highest BCUT2D eigenvalue weighted by atomic mass is 19.4. The Balaban J connectivity index is 1.37. The molecule has 1 saturated heterocycles. The van der Waals surface area contributed by atoms with Gasteiger partial charge in [0.2, 0.25) is 0 Å². The van der Waals surface area contributed by atoms with E-state index in [0.29, 0.717) is 25.2 Å². The smallest absolute Gasteiger partial charge is 0.382 e. The highest BCUT2D eigenvalue weighted by Crippen LogP contribution is 2.34. The number of aromatic nitrogens is 2. The van der Waals surface area contributed by atoms with Gasteiger partial charge in [0.1, 0.15) is 17.7 Å². The van der Waals surface area contributed by atoms with Crippen LogP contribution in [0.4, 0.5) is 22.0 Å². The van der Waals surface area contributed by atoms with Crippen LogP contribution in [0.3, 0.4) is 0 Å². The normalized spacial score (nSPS) is 26.0. The fourth-order valence-electron chi connectivity index (χ4n) is 4.02. The molecule has 1 aromatic carbocycles. The van der Waals surface area contributed by atoms with Crippen LogP contribution in [0.1, 0.15) is 29.3 Å². The van der Waals surface area contributed by atoms with Gasteiger partial charge in [0, 0.05) is 42.5 Å². The highest BCUT2D eigenvalue weighted by Gasteiger charge is 2.40. The molecule has 0 unspecified atom stereocenters. The maximum absolute atomic E-state index is 14.1. The number of aliphatic hydroxyl groups excluding tert-OH is 1. The van der Waals surface area contributed by atoms with E-state index in [0.717, 1.165) is 28.4 Å². The molecular weight excluding hydrogens is 411 g/mol. The van der Waals surface area contributed by atoms with E-state index < -0.39 is 42.6 Å². The number of ether oxygens (including phenoxy) is 1. The van der Waals surface area contributed by atoms with Crippen molar-refractivity contribution in [3.63, 3.8) is 0 Å². The summed E-state index contributed by atoms with van der Waals surface area (Å²) in [4.78, 5) is 2.04. The molecule has 0 aliphatic carbocycles. The zero-order valence-electron chi connectivity index (χ0n) is 15.8. The maximum atomic E-state index is 14.1. The zero-order chi connectivity index (χ0) is 21.6. The Kier molecular flexibility index (Phi) is 5.56. The van der Waals surface area contributed by atoms with E-state index in [1.165, 1.54) is 6.20 Å². The summed E-state index contributed by atoms with van der Waals surface area (Å²) in [6.45, 7) is 0.460. The fourth-order valence-corrected chi connectivity index (χ4v) is 4.02. The third kappa shape index (κ3) is 4.20. The molecule has 30 heavy (non-hydrogen) atoms. The van der Waals surface area contributed by atoms with Gasteiger partial charge in [0.25, 0.3) is 0 Å². The number of nitrogens with zero attached hydrogens (tertiary/aromatic N) is 3. The number of aliphatic hydroxyl groups is 1. The lowest BCUT2D eigenvalue weighted by atomic mass is 9.93. The average molecular weight is 432 g/mol. The van der Waals surface area contributed by atoms with Gasteiger partial charge in [0.15, 0.2) is 6.10 Å². The maximum Gasteiger partial charge on any atom is 0.416 e. The lowest BCUT2D eigenvalue weighted by Gasteiger charge is -2.38. The molecule has 0 saturated carbocycles. The van der Waals surface area contributed by atoms with Crippen molar-refractivity contribution in [3.05, 3.63) is 52.9 Å². The number of hydrogen-bond donors (Lipinski definition) is 2. The monoisotopic (exact) mass is 432 g/mol. The Hall–Kier alpha value is -2.08. The number of alkyl halides is 3. The molecule has 4 rings (SSSR count). The van der Waals surface area contributed by atoms with Gasteiger partial charge in [0.05, 0.1) is 18.8 Å². The number of rotatable bonds is 4. The first kappa shape index (κ1) is 21.2. The van der Waals surface area contributed by atoms with E-state index in [2.05, 4.69) is 5.10 Å². The molecule has 0 amide bonds. The standard InChI is InChI=1S/C19H21F5N4O2/c20-11-1-2-14(21)13(3-11)18-15(25)4-12(9-30-18)27-5-10-6-28(26-16(10)7-27)8-17(29)19(22,23)24/h1-3,6,12,15,17-18,29H,4-5,7-9,25H2/t12-,15+,17+,18-/m1/s1. The summed E-state index contributed by atoms with van der Waals surface area (Å²) < 4.78 is 71.9. The Labute approximate surface area is 169 Å².